The van der Waals surface area contributed by atoms with Gasteiger partial charge in [0, 0.05) is 24.7 Å². The lowest BCUT2D eigenvalue weighted by molar-refractivity contribution is -0.116. The van der Waals surface area contributed by atoms with Crippen LogP contribution in [0.2, 0.25) is 0 Å². The lowest BCUT2D eigenvalue weighted by Gasteiger charge is -2.15. The molecule has 3 rings (SSSR count). The number of carbonyl (C=O) groups excluding carboxylic acids is 2. The fourth-order valence-electron chi connectivity index (χ4n) is 2.79. The number of ketones is 1. The molecule has 0 N–H and O–H groups in total. The van der Waals surface area contributed by atoms with E-state index in [1.807, 2.05) is 25.3 Å². The molecule has 0 radical (unpaired) electrons. The molecule has 0 fully saturated rings. The van der Waals surface area contributed by atoms with E-state index >= 15 is 0 Å². The molecular weight excluding hydrogens is 358 g/mol. The first kappa shape index (κ1) is 18.0. The summed E-state index contributed by atoms with van der Waals surface area (Å²) in [5.41, 5.74) is 2.59. The van der Waals surface area contributed by atoms with Gasteiger partial charge in [0.25, 0.3) is 5.22 Å². The second-order valence-electron chi connectivity index (χ2n) is 5.78. The Hall–Kier alpha value is -1.80. The van der Waals surface area contributed by atoms with Crippen LogP contribution in [0.15, 0.2) is 27.8 Å². The molecule has 1 atom stereocenters. The van der Waals surface area contributed by atoms with Crippen molar-refractivity contribution in [2.24, 2.45) is 0 Å². The molecule has 0 bridgehead atoms. The minimum atomic E-state index is -0.328. The van der Waals surface area contributed by atoms with Gasteiger partial charge in [0.05, 0.1) is 11.0 Å². The molecule has 2 heterocycles. The van der Waals surface area contributed by atoms with E-state index in [0.29, 0.717) is 29.0 Å². The van der Waals surface area contributed by atoms with Gasteiger partial charge in [-0.15, -0.1) is 10.2 Å². The van der Waals surface area contributed by atoms with Crippen molar-refractivity contribution in [2.45, 2.75) is 36.5 Å². The average molecular weight is 377 g/mol. The van der Waals surface area contributed by atoms with Gasteiger partial charge in [-0.05, 0) is 43.4 Å². The summed E-state index contributed by atoms with van der Waals surface area (Å²) >= 11 is 2.87. The Kier molecular flexibility index (Phi) is 5.48. The van der Waals surface area contributed by atoms with Crippen LogP contribution in [0.1, 0.15) is 35.7 Å². The van der Waals surface area contributed by atoms with Gasteiger partial charge in [0.15, 0.2) is 5.78 Å². The van der Waals surface area contributed by atoms with E-state index in [-0.39, 0.29) is 16.9 Å². The number of rotatable bonds is 6. The number of carbonyl (C=O) groups is 2. The second-order valence-corrected chi connectivity index (χ2v) is 7.94. The van der Waals surface area contributed by atoms with Gasteiger partial charge in [0.2, 0.25) is 11.8 Å². The van der Waals surface area contributed by atoms with E-state index in [1.54, 1.807) is 29.7 Å². The van der Waals surface area contributed by atoms with Gasteiger partial charge in [-0.3, -0.25) is 9.59 Å². The largest absolute Gasteiger partial charge is 0.415 e. The minimum Gasteiger partial charge on any atom is -0.415 e. The maximum atomic E-state index is 12.7. The fraction of sp³-hybridized carbons (Fsp3) is 0.412. The highest BCUT2D eigenvalue weighted by atomic mass is 32.2. The van der Waals surface area contributed by atoms with Crippen molar-refractivity contribution in [3.63, 3.8) is 0 Å². The first-order valence-electron chi connectivity index (χ1n) is 7.93. The lowest BCUT2D eigenvalue weighted by atomic mass is 10.0. The lowest BCUT2D eigenvalue weighted by Crippen LogP contribution is -2.25. The number of anilines is 1. The van der Waals surface area contributed by atoms with Crippen LogP contribution in [0.5, 0.6) is 0 Å². The first-order chi connectivity index (χ1) is 12.0. The number of amides is 1. The first-order valence-corrected chi connectivity index (χ1v) is 10.2. The third kappa shape index (κ3) is 3.90. The molecule has 1 aromatic carbocycles. The zero-order chi connectivity index (χ0) is 18.0. The number of Topliss-reactive ketones (excluding diaryl/α,β-unsaturated/α-hetero) is 1. The highest BCUT2D eigenvalue weighted by Gasteiger charge is 2.25. The van der Waals surface area contributed by atoms with Crippen LogP contribution < -0.4 is 4.90 Å². The third-order valence-electron chi connectivity index (χ3n) is 4.00. The highest BCUT2D eigenvalue weighted by Crippen LogP contribution is 2.31. The number of benzene rings is 1. The minimum absolute atomic E-state index is 0.0127. The summed E-state index contributed by atoms with van der Waals surface area (Å²) in [6, 6.07) is 5.54. The van der Waals surface area contributed by atoms with Gasteiger partial charge in [-0.25, -0.2) is 0 Å². The normalized spacial score (nSPS) is 14.4. The van der Waals surface area contributed by atoms with E-state index in [2.05, 4.69) is 10.2 Å². The molecule has 25 heavy (non-hydrogen) atoms. The van der Waals surface area contributed by atoms with Crippen molar-refractivity contribution in [1.82, 2.24) is 10.2 Å². The summed E-state index contributed by atoms with van der Waals surface area (Å²) in [6.07, 6.45) is 2.74. The number of nitrogens with zero attached hydrogens (tertiary/aromatic N) is 3. The molecule has 1 aromatic heterocycles. The molecule has 1 aliphatic rings. The summed E-state index contributed by atoms with van der Waals surface area (Å²) in [7, 11) is 0. The summed E-state index contributed by atoms with van der Waals surface area (Å²) in [4.78, 5) is 26.1. The van der Waals surface area contributed by atoms with Crippen LogP contribution in [0.3, 0.4) is 0 Å². The van der Waals surface area contributed by atoms with Gasteiger partial charge < -0.3 is 9.32 Å². The maximum absolute atomic E-state index is 12.7. The third-order valence-corrected chi connectivity index (χ3v) is 5.47. The van der Waals surface area contributed by atoms with Crippen molar-refractivity contribution in [2.75, 3.05) is 17.7 Å². The van der Waals surface area contributed by atoms with E-state index < -0.39 is 0 Å². The van der Waals surface area contributed by atoms with E-state index in [4.69, 9.17) is 4.42 Å². The molecule has 1 unspecified atom stereocenters. The van der Waals surface area contributed by atoms with Crippen molar-refractivity contribution in [3.05, 3.63) is 35.2 Å². The Labute approximate surface area is 154 Å². The summed E-state index contributed by atoms with van der Waals surface area (Å²) < 4.78 is 5.52. The van der Waals surface area contributed by atoms with E-state index in [0.717, 1.165) is 17.7 Å². The summed E-state index contributed by atoms with van der Waals surface area (Å²) in [5.74, 6) is 1.27. The van der Waals surface area contributed by atoms with Crippen LogP contribution in [-0.2, 0) is 17.0 Å². The predicted octanol–water partition coefficient (Wildman–Crippen LogP) is 3.21. The molecular formula is C17H19N3O3S2. The smallest absolute Gasteiger partial charge is 0.277 e. The number of hydrogen-bond donors (Lipinski definition) is 0. The number of thioether (sulfide) groups is 2. The summed E-state index contributed by atoms with van der Waals surface area (Å²) in [6.45, 7) is 4.07. The van der Waals surface area contributed by atoms with E-state index in [9.17, 15) is 9.59 Å². The van der Waals surface area contributed by atoms with Crippen LogP contribution in [0, 0.1) is 0 Å². The van der Waals surface area contributed by atoms with Crippen LogP contribution in [-0.4, -0.2) is 39.9 Å². The fourth-order valence-corrected chi connectivity index (χ4v) is 3.93. The maximum Gasteiger partial charge on any atom is 0.277 e. The molecule has 6 nitrogen and oxygen atoms in total. The Morgan fingerprint density at radius 2 is 2.16 bits per heavy atom. The Morgan fingerprint density at radius 1 is 1.36 bits per heavy atom. The average Bonchev–Trinajstić information content (AvgIpc) is 3.20. The Balaban J connectivity index is 1.71. The Bertz CT molecular complexity index is 806. The van der Waals surface area contributed by atoms with Crippen molar-refractivity contribution in [3.8, 4) is 0 Å². The quantitative estimate of drug-likeness (QED) is 0.565. The van der Waals surface area contributed by atoms with Gasteiger partial charge >= 0.3 is 0 Å². The molecule has 0 aliphatic carbocycles. The molecule has 0 spiro atoms. The molecule has 8 heteroatoms. The van der Waals surface area contributed by atoms with Crippen molar-refractivity contribution < 1.29 is 14.0 Å². The molecule has 1 amide bonds. The summed E-state index contributed by atoms with van der Waals surface area (Å²) in [5, 5.41) is 8.01. The number of fused-ring (bicyclic) bond motifs is 1. The SMILES string of the molecule is CSCc1nnc(SC(C)C(=O)c2ccc3c(c2)CCN3C(C)=O)o1. The monoisotopic (exact) mass is 377 g/mol. The van der Waals surface area contributed by atoms with Gasteiger partial charge in [-0.2, -0.15) is 11.8 Å². The van der Waals surface area contributed by atoms with Crippen molar-refractivity contribution in [1.29, 1.82) is 0 Å². The Morgan fingerprint density at radius 3 is 2.88 bits per heavy atom. The number of hydrogen-bond acceptors (Lipinski definition) is 7. The highest BCUT2D eigenvalue weighted by molar-refractivity contribution is 8.00. The van der Waals surface area contributed by atoms with Crippen LogP contribution in [0.4, 0.5) is 5.69 Å². The zero-order valence-corrected chi connectivity index (χ0v) is 15.9. The predicted molar refractivity (Wildman–Crippen MR) is 99.3 cm³/mol. The van der Waals surface area contributed by atoms with E-state index in [1.165, 1.54) is 11.8 Å². The van der Waals surface area contributed by atoms with Crippen LogP contribution >= 0.6 is 23.5 Å². The second kappa shape index (κ2) is 7.61. The molecule has 132 valence electrons. The standard InChI is InChI=1S/C17H19N3O3S2/c1-10(25-17-19-18-15(23-17)9-24-3)16(22)13-4-5-14-12(8-13)6-7-20(14)11(2)21/h4-5,8,10H,6-7,9H2,1-3H3. The van der Waals surface area contributed by atoms with Crippen LogP contribution in [0.25, 0.3) is 0 Å². The van der Waals surface area contributed by atoms with Gasteiger partial charge in [-0.1, -0.05) is 11.8 Å². The van der Waals surface area contributed by atoms with Gasteiger partial charge in [0.1, 0.15) is 0 Å². The molecule has 2 aromatic rings. The zero-order valence-electron chi connectivity index (χ0n) is 14.3. The van der Waals surface area contributed by atoms with Crippen molar-refractivity contribution >= 4 is 40.9 Å². The topological polar surface area (TPSA) is 76.3 Å². The molecule has 0 saturated heterocycles. The molecule has 1 aliphatic heterocycles. The molecule has 0 saturated carbocycles. The number of aromatic nitrogens is 2.